The van der Waals surface area contributed by atoms with Crippen molar-refractivity contribution in [3.8, 4) is 0 Å². The van der Waals surface area contributed by atoms with E-state index >= 15 is 0 Å². The fourth-order valence-corrected chi connectivity index (χ4v) is 9.30. The van der Waals surface area contributed by atoms with Crippen molar-refractivity contribution in [2.45, 2.75) is 276 Å². The highest BCUT2D eigenvalue weighted by Crippen LogP contribution is 2.38. The van der Waals surface area contributed by atoms with Crippen LogP contribution < -0.4 is 10.2 Å². The van der Waals surface area contributed by atoms with Crippen LogP contribution >= 0.6 is 7.82 Å². The predicted molar refractivity (Wildman–Crippen MR) is 307 cm³/mol. The normalized spacial score (nSPS) is 14.4. The number of allylic oxidation sites excluding steroid dienone is 12. The molecule has 2 N–H and O–H groups in total. The van der Waals surface area contributed by atoms with E-state index in [1.54, 1.807) is 0 Å². The fourth-order valence-electron chi connectivity index (χ4n) is 8.57. The van der Waals surface area contributed by atoms with Gasteiger partial charge in [0.15, 0.2) is 0 Å². The molecule has 0 heterocycles. The van der Waals surface area contributed by atoms with Crippen molar-refractivity contribution < 1.29 is 32.9 Å². The highest BCUT2D eigenvalue weighted by molar-refractivity contribution is 7.45. The summed E-state index contributed by atoms with van der Waals surface area (Å²) in [6.45, 7) is 4.63. The van der Waals surface area contributed by atoms with Crippen LogP contribution in [0.25, 0.3) is 0 Å². The largest absolute Gasteiger partial charge is 0.756 e. The molecule has 0 bridgehead atoms. The molecule has 3 atom stereocenters. The molecule has 1 amide bonds. The minimum atomic E-state index is -4.58. The van der Waals surface area contributed by atoms with Crippen molar-refractivity contribution in [3.05, 3.63) is 72.9 Å². The van der Waals surface area contributed by atoms with Gasteiger partial charge in [-0.25, -0.2) is 0 Å². The van der Waals surface area contributed by atoms with Crippen LogP contribution in [0.15, 0.2) is 72.9 Å². The van der Waals surface area contributed by atoms with Crippen LogP contribution in [0, 0.1) is 0 Å². The minimum absolute atomic E-state index is 0.00993. The third kappa shape index (κ3) is 55.5. The maximum absolute atomic E-state index is 13.0. The molecule has 0 aliphatic rings. The molecule has 414 valence electrons. The van der Waals surface area contributed by atoms with E-state index in [9.17, 15) is 19.4 Å². The van der Waals surface area contributed by atoms with Gasteiger partial charge >= 0.3 is 0 Å². The molecule has 8 nitrogen and oxygen atoms in total. The standard InChI is InChI=1S/C62H115N2O6P/c1-6-8-10-12-14-16-18-20-22-24-26-27-28-29-30-31-32-33-34-35-36-37-38-40-42-44-46-48-50-52-54-56-62(66)63-60(59-70-71(67,68)69-58-57-64(3,4)5)61(65)55-53-51-49-47-45-43-41-39-25-23-21-19-17-15-13-11-9-7-2/h8,10,14,16,20,22,26-27,29-30,32-33,60-61,65H,6-7,9,11-13,15,17-19,21,23-25,28,31,34-59H2,1-5H3,(H-,63,66,67,68)/b10-8-,16-14-,22-20-,27-26-,30-29-,33-32-. The lowest BCUT2D eigenvalue weighted by Gasteiger charge is -2.30. The van der Waals surface area contributed by atoms with E-state index in [1.807, 2.05) is 21.1 Å². The van der Waals surface area contributed by atoms with Gasteiger partial charge in [0.2, 0.25) is 5.91 Å². The molecule has 0 aromatic carbocycles. The summed E-state index contributed by atoms with van der Waals surface area (Å²) < 4.78 is 23.4. The number of hydrogen-bond acceptors (Lipinski definition) is 6. The topological polar surface area (TPSA) is 108 Å². The molecular formula is C62H115N2O6P. The van der Waals surface area contributed by atoms with Crippen molar-refractivity contribution in [1.82, 2.24) is 5.32 Å². The molecule has 0 spiro atoms. The summed E-state index contributed by atoms with van der Waals surface area (Å²) in [5.74, 6) is -0.167. The molecule has 0 aromatic rings. The summed E-state index contributed by atoms with van der Waals surface area (Å²) >= 11 is 0. The van der Waals surface area contributed by atoms with Crippen LogP contribution in [0.3, 0.4) is 0 Å². The van der Waals surface area contributed by atoms with Crippen molar-refractivity contribution >= 4 is 13.7 Å². The number of phosphoric acid groups is 1. The Hall–Kier alpha value is -2.06. The fraction of sp³-hybridized carbons (Fsp3) is 0.790. The van der Waals surface area contributed by atoms with Gasteiger partial charge in [0, 0.05) is 6.42 Å². The zero-order valence-electron chi connectivity index (χ0n) is 47.2. The van der Waals surface area contributed by atoms with E-state index in [2.05, 4.69) is 92.1 Å². The van der Waals surface area contributed by atoms with Gasteiger partial charge in [0.05, 0.1) is 39.9 Å². The summed E-state index contributed by atoms with van der Waals surface area (Å²) in [4.78, 5) is 25.6. The molecule has 0 rings (SSSR count). The maximum Gasteiger partial charge on any atom is 0.268 e. The van der Waals surface area contributed by atoms with E-state index in [-0.39, 0.29) is 19.1 Å². The average molecular weight is 1020 g/mol. The molecular weight excluding hydrogens is 900 g/mol. The maximum atomic E-state index is 13.0. The van der Waals surface area contributed by atoms with Crippen molar-refractivity contribution in [2.24, 2.45) is 0 Å². The number of aliphatic hydroxyl groups is 1. The second-order valence-corrected chi connectivity index (χ2v) is 22.7. The Labute approximate surface area is 440 Å². The van der Waals surface area contributed by atoms with Crippen LogP contribution in [0.4, 0.5) is 0 Å². The number of phosphoric ester groups is 1. The highest BCUT2D eigenvalue weighted by atomic mass is 31.2. The van der Waals surface area contributed by atoms with Crippen LogP contribution in [0.5, 0.6) is 0 Å². The molecule has 9 heteroatoms. The number of carbonyl (C=O) groups excluding carboxylic acids is 1. The first-order valence-corrected chi connectivity index (χ1v) is 31.2. The molecule has 0 aliphatic carbocycles. The first kappa shape index (κ1) is 68.9. The lowest BCUT2D eigenvalue weighted by molar-refractivity contribution is -0.870. The average Bonchev–Trinajstić information content (AvgIpc) is 3.33. The molecule has 0 aliphatic heterocycles. The summed E-state index contributed by atoms with van der Waals surface area (Å²) in [6, 6.07) is -0.805. The Kier molecular flexibility index (Phi) is 51.3. The first-order chi connectivity index (χ1) is 34.5. The van der Waals surface area contributed by atoms with E-state index < -0.39 is 20.0 Å². The molecule has 3 unspecified atom stereocenters. The number of nitrogens with one attached hydrogen (secondary N) is 1. The highest BCUT2D eigenvalue weighted by Gasteiger charge is 2.24. The van der Waals surface area contributed by atoms with Gasteiger partial charge in [0.25, 0.3) is 7.82 Å². The number of aliphatic hydroxyl groups excluding tert-OH is 1. The van der Waals surface area contributed by atoms with E-state index in [1.165, 1.54) is 161 Å². The van der Waals surface area contributed by atoms with Gasteiger partial charge in [-0.3, -0.25) is 9.36 Å². The van der Waals surface area contributed by atoms with E-state index in [0.29, 0.717) is 23.9 Å². The minimum Gasteiger partial charge on any atom is -0.756 e. The monoisotopic (exact) mass is 1010 g/mol. The third-order valence-electron chi connectivity index (χ3n) is 13.2. The van der Waals surface area contributed by atoms with E-state index in [4.69, 9.17) is 9.05 Å². The SMILES string of the molecule is CC/C=C\C/C=C\C/C=C\C/C=C\C/C=C\C/C=C\CCCCCCCCCCCCCCC(=O)NC(COP(=O)([O-])OCC[N+](C)(C)C)C(O)CCCCCCCCCCCCCCCCCCCC. The van der Waals surface area contributed by atoms with Crippen LogP contribution in [-0.4, -0.2) is 68.5 Å². The Morgan fingerprint density at radius 2 is 0.859 bits per heavy atom. The quantitative estimate of drug-likeness (QED) is 0.0272. The Bertz CT molecular complexity index is 1380. The van der Waals surface area contributed by atoms with Gasteiger partial charge < -0.3 is 28.8 Å². The number of amides is 1. The molecule has 0 radical (unpaired) electrons. The number of nitrogens with zero attached hydrogens (tertiary/aromatic N) is 1. The summed E-state index contributed by atoms with van der Waals surface area (Å²) in [5.41, 5.74) is 0. The summed E-state index contributed by atoms with van der Waals surface area (Å²) in [7, 11) is 1.30. The van der Waals surface area contributed by atoms with Crippen molar-refractivity contribution in [3.63, 3.8) is 0 Å². The Morgan fingerprint density at radius 3 is 1.25 bits per heavy atom. The smallest absolute Gasteiger partial charge is 0.268 e. The number of hydrogen-bond donors (Lipinski definition) is 2. The van der Waals surface area contributed by atoms with Crippen LogP contribution in [-0.2, 0) is 18.4 Å². The number of quaternary nitrogens is 1. The molecule has 0 fully saturated rings. The number of rotatable bonds is 54. The Balaban J connectivity index is 4.13. The lowest BCUT2D eigenvalue weighted by atomic mass is 10.0. The first-order valence-electron chi connectivity index (χ1n) is 29.8. The molecule has 71 heavy (non-hydrogen) atoms. The zero-order chi connectivity index (χ0) is 52.0. The number of carbonyl (C=O) groups is 1. The number of likely N-dealkylation sites (N-methyl/N-ethyl adjacent to an activating group) is 1. The van der Waals surface area contributed by atoms with Crippen LogP contribution in [0.1, 0.15) is 264 Å². The molecule has 0 aromatic heterocycles. The molecule has 0 saturated heterocycles. The second kappa shape index (κ2) is 52.8. The second-order valence-electron chi connectivity index (χ2n) is 21.3. The number of unbranched alkanes of at least 4 members (excludes halogenated alkanes) is 29. The predicted octanol–water partition coefficient (Wildman–Crippen LogP) is 17.6. The van der Waals surface area contributed by atoms with Gasteiger partial charge in [-0.15, -0.1) is 0 Å². The van der Waals surface area contributed by atoms with Gasteiger partial charge in [-0.05, 0) is 64.2 Å². The molecule has 0 saturated carbocycles. The van der Waals surface area contributed by atoms with Gasteiger partial charge in [-0.2, -0.15) is 0 Å². The summed E-state index contributed by atoms with van der Waals surface area (Å²) in [6.07, 6.45) is 72.2. The third-order valence-corrected chi connectivity index (χ3v) is 14.2. The summed E-state index contributed by atoms with van der Waals surface area (Å²) in [5, 5.41) is 14.0. The Morgan fingerprint density at radius 1 is 0.507 bits per heavy atom. The van der Waals surface area contributed by atoms with E-state index in [0.717, 1.165) is 77.0 Å². The van der Waals surface area contributed by atoms with Crippen molar-refractivity contribution in [2.75, 3.05) is 40.9 Å². The van der Waals surface area contributed by atoms with Gasteiger partial charge in [-0.1, -0.05) is 267 Å². The zero-order valence-corrected chi connectivity index (χ0v) is 48.1. The van der Waals surface area contributed by atoms with Crippen molar-refractivity contribution in [1.29, 1.82) is 0 Å². The lowest BCUT2D eigenvalue weighted by Crippen LogP contribution is -2.46. The van der Waals surface area contributed by atoms with Crippen LogP contribution in [0.2, 0.25) is 0 Å². The van der Waals surface area contributed by atoms with Gasteiger partial charge in [0.1, 0.15) is 13.2 Å².